The van der Waals surface area contributed by atoms with E-state index in [0.29, 0.717) is 6.42 Å². The smallest absolute Gasteiger partial charge is 0.244 e. The van der Waals surface area contributed by atoms with Crippen LogP contribution < -0.4 is 5.32 Å². The summed E-state index contributed by atoms with van der Waals surface area (Å²) in [4.78, 5) is 16.6. The number of aromatic nitrogens is 1. The van der Waals surface area contributed by atoms with E-state index < -0.39 is 0 Å². The Morgan fingerprint density at radius 1 is 1.08 bits per heavy atom. The van der Waals surface area contributed by atoms with Gasteiger partial charge in [0, 0.05) is 24.3 Å². The largest absolute Gasteiger partial charge is 0.396 e. The zero-order valence-corrected chi connectivity index (χ0v) is 13.8. The second-order valence-corrected chi connectivity index (χ2v) is 5.73. The molecule has 0 aliphatic rings. The van der Waals surface area contributed by atoms with Gasteiger partial charge in [0.1, 0.15) is 0 Å². The summed E-state index contributed by atoms with van der Waals surface area (Å²) in [6, 6.07) is 19.2. The van der Waals surface area contributed by atoms with Gasteiger partial charge in [0.15, 0.2) is 0 Å². The highest BCUT2D eigenvalue weighted by Crippen LogP contribution is 2.18. The molecular formula is C21H20N2O2. The fourth-order valence-electron chi connectivity index (χ4n) is 2.79. The maximum absolute atomic E-state index is 12.3. The summed E-state index contributed by atoms with van der Waals surface area (Å²) in [5.41, 5.74) is 2.82. The van der Waals surface area contributed by atoms with Crippen molar-refractivity contribution in [1.82, 2.24) is 10.3 Å². The van der Waals surface area contributed by atoms with Crippen LogP contribution in [0.1, 0.15) is 23.6 Å². The van der Waals surface area contributed by atoms with Crippen LogP contribution in [0.2, 0.25) is 0 Å². The van der Waals surface area contributed by atoms with E-state index in [1.54, 1.807) is 12.3 Å². The average molecular weight is 332 g/mol. The third kappa shape index (κ3) is 4.31. The van der Waals surface area contributed by atoms with Gasteiger partial charge in [-0.15, -0.1) is 0 Å². The number of rotatable bonds is 6. The molecule has 2 N–H and O–H groups in total. The number of nitrogens with one attached hydrogen (secondary N) is 1. The molecule has 3 aromatic rings. The first kappa shape index (κ1) is 16.9. The molecule has 2 aromatic carbocycles. The molecule has 0 fully saturated rings. The number of para-hydroxylation sites is 1. The molecule has 0 radical (unpaired) electrons. The minimum atomic E-state index is -0.211. The summed E-state index contributed by atoms with van der Waals surface area (Å²) in [5.74, 6) is -0.191. The highest BCUT2D eigenvalue weighted by atomic mass is 16.3. The Morgan fingerprint density at radius 3 is 2.64 bits per heavy atom. The predicted octanol–water partition coefficient (Wildman–Crippen LogP) is 3.49. The topological polar surface area (TPSA) is 62.2 Å². The first-order valence-corrected chi connectivity index (χ1v) is 8.26. The monoisotopic (exact) mass is 332 g/mol. The predicted molar refractivity (Wildman–Crippen MR) is 99.8 cm³/mol. The normalized spacial score (nSPS) is 12.4. The van der Waals surface area contributed by atoms with Gasteiger partial charge in [-0.1, -0.05) is 48.5 Å². The maximum atomic E-state index is 12.3. The standard InChI is InChI=1S/C21H20N2O2/c24-15-13-19(17-6-2-1-3-7-17)23-21(25)11-10-16-12-14-22-20-9-5-4-8-18(16)20/h1-12,14,19,24H,13,15H2,(H,23,25)/b11-10+. The number of carbonyl (C=O) groups is 1. The zero-order valence-electron chi connectivity index (χ0n) is 13.8. The van der Waals surface area contributed by atoms with Crippen molar-refractivity contribution in [2.45, 2.75) is 12.5 Å². The molecule has 4 nitrogen and oxygen atoms in total. The maximum Gasteiger partial charge on any atom is 0.244 e. The highest BCUT2D eigenvalue weighted by Gasteiger charge is 2.12. The van der Waals surface area contributed by atoms with Crippen molar-refractivity contribution in [3.63, 3.8) is 0 Å². The van der Waals surface area contributed by atoms with Crippen LogP contribution in [0.25, 0.3) is 17.0 Å². The Hall–Kier alpha value is -2.98. The van der Waals surface area contributed by atoms with Crippen LogP contribution in [0, 0.1) is 0 Å². The van der Waals surface area contributed by atoms with Crippen LogP contribution in [0.15, 0.2) is 72.9 Å². The van der Waals surface area contributed by atoms with E-state index in [0.717, 1.165) is 22.0 Å². The molecule has 0 bridgehead atoms. The lowest BCUT2D eigenvalue weighted by Crippen LogP contribution is -2.27. The molecule has 1 amide bonds. The van der Waals surface area contributed by atoms with E-state index in [4.69, 9.17) is 0 Å². The molecule has 1 aromatic heterocycles. The van der Waals surface area contributed by atoms with Crippen molar-refractivity contribution in [2.24, 2.45) is 0 Å². The molecular weight excluding hydrogens is 312 g/mol. The van der Waals surface area contributed by atoms with Gasteiger partial charge in [-0.25, -0.2) is 0 Å². The number of aliphatic hydroxyl groups excluding tert-OH is 1. The molecule has 0 saturated heterocycles. The quantitative estimate of drug-likeness (QED) is 0.679. The van der Waals surface area contributed by atoms with E-state index in [9.17, 15) is 9.90 Å². The average Bonchev–Trinajstić information content (AvgIpc) is 2.66. The first-order valence-electron chi connectivity index (χ1n) is 8.26. The summed E-state index contributed by atoms with van der Waals surface area (Å²) in [6.45, 7) is 0.0124. The lowest BCUT2D eigenvalue weighted by atomic mass is 10.0. The molecule has 126 valence electrons. The Morgan fingerprint density at radius 2 is 1.84 bits per heavy atom. The number of fused-ring (bicyclic) bond motifs is 1. The number of amides is 1. The zero-order chi connectivity index (χ0) is 17.5. The van der Waals surface area contributed by atoms with Gasteiger partial charge in [-0.3, -0.25) is 9.78 Å². The van der Waals surface area contributed by atoms with Crippen LogP contribution in [0.4, 0.5) is 0 Å². The number of carbonyl (C=O) groups excluding carboxylic acids is 1. The van der Waals surface area contributed by atoms with Crippen molar-refractivity contribution < 1.29 is 9.90 Å². The number of hydrogen-bond acceptors (Lipinski definition) is 3. The minimum absolute atomic E-state index is 0.0124. The van der Waals surface area contributed by atoms with Crippen LogP contribution in [0.5, 0.6) is 0 Å². The molecule has 1 heterocycles. The fourth-order valence-corrected chi connectivity index (χ4v) is 2.79. The van der Waals surface area contributed by atoms with Crippen LogP contribution in [0.3, 0.4) is 0 Å². The number of nitrogens with zero attached hydrogens (tertiary/aromatic N) is 1. The van der Waals surface area contributed by atoms with Gasteiger partial charge in [0.05, 0.1) is 11.6 Å². The van der Waals surface area contributed by atoms with E-state index in [-0.39, 0.29) is 18.6 Å². The second-order valence-electron chi connectivity index (χ2n) is 5.73. The van der Waals surface area contributed by atoms with E-state index in [2.05, 4.69) is 10.3 Å². The third-order valence-corrected chi connectivity index (χ3v) is 4.03. The summed E-state index contributed by atoms with van der Waals surface area (Å²) in [5, 5.41) is 13.2. The Kier molecular flexibility index (Phi) is 5.54. The lowest BCUT2D eigenvalue weighted by molar-refractivity contribution is -0.117. The molecule has 3 rings (SSSR count). The SMILES string of the molecule is O=C(/C=C/c1ccnc2ccccc12)NC(CCO)c1ccccc1. The van der Waals surface area contributed by atoms with Crippen LogP contribution >= 0.6 is 0 Å². The van der Waals surface area contributed by atoms with Gasteiger partial charge in [-0.2, -0.15) is 0 Å². The van der Waals surface area contributed by atoms with E-state index >= 15 is 0 Å². The van der Waals surface area contributed by atoms with E-state index in [1.165, 1.54) is 6.08 Å². The van der Waals surface area contributed by atoms with Crippen molar-refractivity contribution in [2.75, 3.05) is 6.61 Å². The van der Waals surface area contributed by atoms with Crippen LogP contribution in [-0.4, -0.2) is 22.6 Å². The molecule has 1 atom stereocenters. The van der Waals surface area contributed by atoms with E-state index in [1.807, 2.05) is 60.7 Å². The van der Waals surface area contributed by atoms with Crippen molar-refractivity contribution in [1.29, 1.82) is 0 Å². The first-order chi connectivity index (χ1) is 12.3. The molecule has 4 heteroatoms. The number of hydrogen-bond donors (Lipinski definition) is 2. The lowest BCUT2D eigenvalue weighted by Gasteiger charge is -2.17. The molecule has 0 saturated carbocycles. The Labute approximate surface area is 146 Å². The number of aliphatic hydroxyl groups is 1. The minimum Gasteiger partial charge on any atom is -0.396 e. The van der Waals surface area contributed by atoms with Crippen molar-refractivity contribution in [3.05, 3.63) is 84.1 Å². The molecule has 25 heavy (non-hydrogen) atoms. The van der Waals surface area contributed by atoms with Gasteiger partial charge in [-0.05, 0) is 35.8 Å². The van der Waals surface area contributed by atoms with Crippen molar-refractivity contribution in [3.8, 4) is 0 Å². The van der Waals surface area contributed by atoms with Crippen LogP contribution in [-0.2, 0) is 4.79 Å². The third-order valence-electron chi connectivity index (χ3n) is 4.03. The molecule has 0 aliphatic heterocycles. The van der Waals surface area contributed by atoms with Crippen molar-refractivity contribution >= 4 is 22.9 Å². The second kappa shape index (κ2) is 8.22. The van der Waals surface area contributed by atoms with Gasteiger partial charge in [0.25, 0.3) is 0 Å². The summed E-state index contributed by atoms with van der Waals surface area (Å²) in [6.07, 6.45) is 5.52. The van der Waals surface area contributed by atoms with Gasteiger partial charge < -0.3 is 10.4 Å². The van der Waals surface area contributed by atoms with Gasteiger partial charge in [0.2, 0.25) is 5.91 Å². The molecule has 1 unspecified atom stereocenters. The molecule has 0 spiro atoms. The summed E-state index contributed by atoms with van der Waals surface area (Å²) >= 11 is 0. The highest BCUT2D eigenvalue weighted by molar-refractivity contribution is 5.95. The Bertz CT molecular complexity index is 870. The fraction of sp³-hybridized carbons (Fsp3) is 0.143. The summed E-state index contributed by atoms with van der Waals surface area (Å²) in [7, 11) is 0. The molecule has 0 aliphatic carbocycles. The Balaban J connectivity index is 1.75. The number of pyridine rings is 1. The number of benzene rings is 2. The summed E-state index contributed by atoms with van der Waals surface area (Å²) < 4.78 is 0. The van der Waals surface area contributed by atoms with Gasteiger partial charge >= 0.3 is 0 Å².